The number of Topliss-reactive ketones (excluding diaryl/α,β-unsaturated/α-hetero) is 1. The molecular weight excluding hydrogens is 266 g/mol. The number of carboxylic acids is 1. The maximum atomic E-state index is 11.7. The van der Waals surface area contributed by atoms with E-state index in [2.05, 4.69) is 5.32 Å². The molecule has 0 aromatic heterocycles. The van der Waals surface area contributed by atoms with Crippen molar-refractivity contribution in [1.29, 1.82) is 0 Å². The zero-order valence-corrected chi connectivity index (χ0v) is 12.2. The standard InChI is InChI=1S/C17H19NO3/c1-11(19)13-9-7-12(8-10-16(18-2)17(20)21)14-5-3-4-6-15(13)14/h3-7,9,16,18H,8,10H2,1-2H3,(H,20,21). The highest BCUT2D eigenvalue weighted by Gasteiger charge is 2.16. The van der Waals surface area contributed by atoms with Crippen LogP contribution >= 0.6 is 0 Å². The molecule has 0 aliphatic rings. The lowest BCUT2D eigenvalue weighted by molar-refractivity contribution is -0.139. The minimum Gasteiger partial charge on any atom is -0.480 e. The molecule has 0 saturated carbocycles. The van der Waals surface area contributed by atoms with Gasteiger partial charge in [-0.1, -0.05) is 36.4 Å². The van der Waals surface area contributed by atoms with Crippen molar-refractivity contribution in [2.75, 3.05) is 7.05 Å². The number of aliphatic carboxylic acids is 1. The maximum Gasteiger partial charge on any atom is 0.320 e. The average Bonchev–Trinajstić information content (AvgIpc) is 2.47. The van der Waals surface area contributed by atoms with Crippen LogP contribution in [0.4, 0.5) is 0 Å². The predicted octanol–water partition coefficient (Wildman–Crippen LogP) is 2.65. The van der Waals surface area contributed by atoms with Gasteiger partial charge < -0.3 is 10.4 Å². The third-order valence-corrected chi connectivity index (χ3v) is 3.74. The van der Waals surface area contributed by atoms with Gasteiger partial charge in [0.25, 0.3) is 0 Å². The van der Waals surface area contributed by atoms with Crippen LogP contribution in [0.25, 0.3) is 10.8 Å². The van der Waals surface area contributed by atoms with E-state index >= 15 is 0 Å². The molecule has 4 heteroatoms. The summed E-state index contributed by atoms with van der Waals surface area (Å²) in [6.45, 7) is 1.56. The Hall–Kier alpha value is -2.20. The number of benzene rings is 2. The molecule has 2 aromatic carbocycles. The normalized spacial score (nSPS) is 12.3. The number of rotatable bonds is 6. The third kappa shape index (κ3) is 3.28. The molecule has 0 fully saturated rings. The molecule has 2 rings (SSSR count). The Morgan fingerprint density at radius 1 is 1.14 bits per heavy atom. The van der Waals surface area contributed by atoms with Crippen molar-refractivity contribution >= 4 is 22.5 Å². The number of aryl methyl sites for hydroxylation is 1. The smallest absolute Gasteiger partial charge is 0.320 e. The van der Waals surface area contributed by atoms with Crippen molar-refractivity contribution in [3.05, 3.63) is 47.5 Å². The monoisotopic (exact) mass is 285 g/mol. The van der Waals surface area contributed by atoms with Crippen molar-refractivity contribution in [2.45, 2.75) is 25.8 Å². The van der Waals surface area contributed by atoms with Gasteiger partial charge >= 0.3 is 5.97 Å². The second-order valence-corrected chi connectivity index (χ2v) is 5.09. The number of ketones is 1. The number of likely N-dealkylation sites (N-methyl/N-ethyl adjacent to an activating group) is 1. The molecule has 0 bridgehead atoms. The lowest BCUT2D eigenvalue weighted by Crippen LogP contribution is -2.34. The molecule has 110 valence electrons. The fourth-order valence-corrected chi connectivity index (χ4v) is 2.58. The van der Waals surface area contributed by atoms with Crippen LogP contribution in [0.5, 0.6) is 0 Å². The molecule has 2 N–H and O–H groups in total. The molecule has 0 spiro atoms. The number of hydrogen-bond donors (Lipinski definition) is 2. The van der Waals surface area contributed by atoms with Gasteiger partial charge in [-0.3, -0.25) is 9.59 Å². The molecule has 0 aliphatic heterocycles. The summed E-state index contributed by atoms with van der Waals surface area (Å²) < 4.78 is 0. The molecule has 0 saturated heterocycles. The SMILES string of the molecule is CNC(CCc1ccc(C(C)=O)c2ccccc12)C(=O)O. The van der Waals surface area contributed by atoms with E-state index in [4.69, 9.17) is 5.11 Å². The number of carboxylic acid groups (broad SMARTS) is 1. The molecule has 0 heterocycles. The lowest BCUT2D eigenvalue weighted by atomic mass is 9.94. The first-order chi connectivity index (χ1) is 10.0. The van der Waals surface area contributed by atoms with E-state index in [1.807, 2.05) is 36.4 Å². The largest absolute Gasteiger partial charge is 0.480 e. The highest BCUT2D eigenvalue weighted by Crippen LogP contribution is 2.24. The topological polar surface area (TPSA) is 66.4 Å². The Morgan fingerprint density at radius 3 is 2.38 bits per heavy atom. The summed E-state index contributed by atoms with van der Waals surface area (Å²) in [5.41, 5.74) is 1.77. The maximum absolute atomic E-state index is 11.7. The van der Waals surface area contributed by atoms with E-state index in [1.165, 1.54) is 0 Å². The highest BCUT2D eigenvalue weighted by molar-refractivity contribution is 6.07. The van der Waals surface area contributed by atoms with Gasteiger partial charge in [0, 0.05) is 5.56 Å². The van der Waals surface area contributed by atoms with Gasteiger partial charge in [-0.15, -0.1) is 0 Å². The number of fused-ring (bicyclic) bond motifs is 1. The molecule has 1 unspecified atom stereocenters. The summed E-state index contributed by atoms with van der Waals surface area (Å²) in [5.74, 6) is -0.807. The molecule has 21 heavy (non-hydrogen) atoms. The molecule has 0 amide bonds. The zero-order valence-electron chi connectivity index (χ0n) is 12.2. The Bertz CT molecular complexity index is 679. The van der Waals surface area contributed by atoms with Crippen molar-refractivity contribution in [3.8, 4) is 0 Å². The van der Waals surface area contributed by atoms with Crippen molar-refractivity contribution < 1.29 is 14.7 Å². The summed E-state index contributed by atoms with van der Waals surface area (Å²) >= 11 is 0. The van der Waals surface area contributed by atoms with E-state index < -0.39 is 12.0 Å². The van der Waals surface area contributed by atoms with E-state index in [1.54, 1.807) is 14.0 Å². The molecular formula is C17H19NO3. The Morgan fingerprint density at radius 2 is 1.81 bits per heavy atom. The van der Waals surface area contributed by atoms with Crippen molar-refractivity contribution in [3.63, 3.8) is 0 Å². The van der Waals surface area contributed by atoms with E-state index in [9.17, 15) is 9.59 Å². The van der Waals surface area contributed by atoms with Crippen molar-refractivity contribution in [1.82, 2.24) is 5.32 Å². The molecule has 0 aliphatic carbocycles. The number of nitrogens with one attached hydrogen (secondary N) is 1. The van der Waals surface area contributed by atoms with Gasteiger partial charge in [-0.05, 0) is 43.1 Å². The van der Waals surface area contributed by atoms with Gasteiger partial charge in [0.2, 0.25) is 0 Å². The predicted molar refractivity (Wildman–Crippen MR) is 82.8 cm³/mol. The summed E-state index contributed by atoms with van der Waals surface area (Å²) in [6, 6.07) is 10.9. The first-order valence-electron chi connectivity index (χ1n) is 6.96. The Balaban J connectivity index is 2.35. The quantitative estimate of drug-likeness (QED) is 0.801. The first-order valence-corrected chi connectivity index (χ1v) is 6.96. The fourth-order valence-electron chi connectivity index (χ4n) is 2.58. The van der Waals surface area contributed by atoms with Crippen LogP contribution in [-0.2, 0) is 11.2 Å². The van der Waals surface area contributed by atoms with E-state index in [0.29, 0.717) is 18.4 Å². The average molecular weight is 285 g/mol. The third-order valence-electron chi connectivity index (χ3n) is 3.74. The minimum absolute atomic E-state index is 0.0383. The zero-order chi connectivity index (χ0) is 15.4. The summed E-state index contributed by atoms with van der Waals surface area (Å²) in [7, 11) is 1.65. The van der Waals surface area contributed by atoms with Crippen LogP contribution in [0, 0.1) is 0 Å². The van der Waals surface area contributed by atoms with Gasteiger partial charge in [-0.2, -0.15) is 0 Å². The second-order valence-electron chi connectivity index (χ2n) is 5.09. The summed E-state index contributed by atoms with van der Waals surface area (Å²) in [6.07, 6.45) is 1.16. The van der Waals surface area contributed by atoms with E-state index in [-0.39, 0.29) is 5.78 Å². The number of carbonyl (C=O) groups excluding carboxylic acids is 1. The number of carbonyl (C=O) groups is 2. The van der Waals surface area contributed by atoms with Gasteiger partial charge in [0.05, 0.1) is 0 Å². The van der Waals surface area contributed by atoms with Crippen LogP contribution in [0.1, 0.15) is 29.3 Å². The van der Waals surface area contributed by atoms with Crippen LogP contribution in [0.3, 0.4) is 0 Å². The second kappa shape index (κ2) is 6.50. The van der Waals surface area contributed by atoms with Crippen LogP contribution in [0.15, 0.2) is 36.4 Å². The van der Waals surface area contributed by atoms with Crippen LogP contribution in [0.2, 0.25) is 0 Å². The minimum atomic E-state index is -0.845. The van der Waals surface area contributed by atoms with Crippen LogP contribution in [-0.4, -0.2) is 29.9 Å². The fraction of sp³-hybridized carbons (Fsp3) is 0.294. The molecule has 2 aromatic rings. The molecule has 0 radical (unpaired) electrons. The van der Waals surface area contributed by atoms with E-state index in [0.717, 1.165) is 16.3 Å². The van der Waals surface area contributed by atoms with Gasteiger partial charge in [0.15, 0.2) is 5.78 Å². The van der Waals surface area contributed by atoms with Gasteiger partial charge in [-0.25, -0.2) is 0 Å². The highest BCUT2D eigenvalue weighted by atomic mass is 16.4. The lowest BCUT2D eigenvalue weighted by Gasteiger charge is -2.13. The van der Waals surface area contributed by atoms with Crippen LogP contribution < -0.4 is 5.32 Å². The number of hydrogen-bond acceptors (Lipinski definition) is 3. The van der Waals surface area contributed by atoms with Crippen molar-refractivity contribution in [2.24, 2.45) is 0 Å². The Labute approximate surface area is 123 Å². The van der Waals surface area contributed by atoms with Gasteiger partial charge in [0.1, 0.15) is 6.04 Å². The first kappa shape index (κ1) is 15.2. The summed E-state index contributed by atoms with van der Waals surface area (Å²) in [4.78, 5) is 22.7. The molecule has 1 atom stereocenters. The Kier molecular flexibility index (Phi) is 4.70. The molecule has 4 nitrogen and oxygen atoms in total. The summed E-state index contributed by atoms with van der Waals surface area (Å²) in [5, 5.41) is 13.8.